The minimum Gasteiger partial charge on any atom is -0.495 e. The minimum absolute atomic E-state index is 0.202. The van der Waals surface area contributed by atoms with Crippen LogP contribution < -0.4 is 10.5 Å². The van der Waals surface area contributed by atoms with E-state index in [4.69, 9.17) is 26.5 Å². The number of nitrogens with zero attached hydrogens (tertiary/aromatic N) is 1. The zero-order chi connectivity index (χ0) is 12.3. The maximum atomic E-state index is 6.03. The van der Waals surface area contributed by atoms with Crippen molar-refractivity contribution in [2.24, 2.45) is 0 Å². The smallest absolute Gasteiger partial charge is 0.292 e. The fourth-order valence-electron chi connectivity index (χ4n) is 1.57. The highest BCUT2D eigenvalue weighted by Gasteiger charge is 2.04. The summed E-state index contributed by atoms with van der Waals surface area (Å²) >= 11 is 6.03. The average Bonchev–Trinajstić information content (AvgIpc) is 2.73. The number of hydrogen-bond donors (Lipinski definition) is 1. The van der Waals surface area contributed by atoms with E-state index in [1.54, 1.807) is 13.3 Å². The van der Waals surface area contributed by atoms with Crippen LogP contribution in [0.15, 0.2) is 28.8 Å². The summed E-state index contributed by atoms with van der Waals surface area (Å²) in [5, 5.41) is 0.613. The molecule has 90 valence electrons. The Hall–Kier alpha value is -1.68. The number of oxazole rings is 1. The van der Waals surface area contributed by atoms with Gasteiger partial charge < -0.3 is 14.9 Å². The van der Waals surface area contributed by atoms with Gasteiger partial charge in [0.25, 0.3) is 6.01 Å². The van der Waals surface area contributed by atoms with Gasteiger partial charge in [0.2, 0.25) is 0 Å². The topological polar surface area (TPSA) is 61.3 Å². The molecule has 0 fully saturated rings. The summed E-state index contributed by atoms with van der Waals surface area (Å²) in [4.78, 5) is 3.84. The molecular weight excluding hydrogens is 240 g/mol. The Bertz CT molecular complexity index is 511. The molecule has 0 unspecified atom stereocenters. The second-order valence-corrected chi connectivity index (χ2v) is 4.04. The number of hydrogen-bond acceptors (Lipinski definition) is 4. The van der Waals surface area contributed by atoms with Crippen LogP contribution in [0.3, 0.4) is 0 Å². The normalized spacial score (nSPS) is 10.5. The van der Waals surface area contributed by atoms with E-state index in [2.05, 4.69) is 4.98 Å². The summed E-state index contributed by atoms with van der Waals surface area (Å²) in [6, 6.07) is 5.92. The number of aryl methyl sites for hydroxylation is 2. The molecule has 1 heterocycles. The summed E-state index contributed by atoms with van der Waals surface area (Å²) in [6.45, 7) is 0. The standard InChI is InChI=1S/C12H13ClN2O2/c1-16-11-5-3-8(6-10(11)13)2-4-9-7-15-12(14)17-9/h3,5-7H,2,4H2,1H3,(H2,14,15). The van der Waals surface area contributed by atoms with Crippen molar-refractivity contribution in [1.29, 1.82) is 0 Å². The fraction of sp³-hybridized carbons (Fsp3) is 0.250. The molecule has 2 N–H and O–H groups in total. The SMILES string of the molecule is COc1ccc(CCc2cnc(N)o2)cc1Cl. The fourth-order valence-corrected chi connectivity index (χ4v) is 1.85. The first-order chi connectivity index (χ1) is 8.19. The van der Waals surface area contributed by atoms with E-state index < -0.39 is 0 Å². The molecule has 0 radical (unpaired) electrons. The summed E-state index contributed by atoms with van der Waals surface area (Å²) in [5.41, 5.74) is 6.51. The van der Waals surface area contributed by atoms with Crippen LogP contribution in [0.1, 0.15) is 11.3 Å². The van der Waals surface area contributed by atoms with Crippen molar-refractivity contribution in [3.8, 4) is 5.75 Å². The zero-order valence-electron chi connectivity index (χ0n) is 9.44. The third-order valence-corrected chi connectivity index (χ3v) is 2.74. The Morgan fingerprint density at radius 1 is 1.41 bits per heavy atom. The first kappa shape index (κ1) is 11.8. The second kappa shape index (κ2) is 5.10. The van der Waals surface area contributed by atoms with Gasteiger partial charge in [-0.25, -0.2) is 4.98 Å². The Morgan fingerprint density at radius 3 is 2.82 bits per heavy atom. The lowest BCUT2D eigenvalue weighted by atomic mass is 10.1. The van der Waals surface area contributed by atoms with E-state index in [0.29, 0.717) is 10.8 Å². The molecule has 0 saturated heterocycles. The highest BCUT2D eigenvalue weighted by molar-refractivity contribution is 6.32. The van der Waals surface area contributed by atoms with Crippen LogP contribution in [0.25, 0.3) is 0 Å². The Labute approximate surface area is 104 Å². The molecule has 0 spiro atoms. The molecule has 0 atom stereocenters. The average molecular weight is 253 g/mol. The van der Waals surface area contributed by atoms with Gasteiger partial charge in [-0.15, -0.1) is 0 Å². The van der Waals surface area contributed by atoms with Crippen molar-refractivity contribution in [2.45, 2.75) is 12.8 Å². The number of nitrogen functional groups attached to an aromatic ring is 1. The van der Waals surface area contributed by atoms with Crippen molar-refractivity contribution >= 4 is 17.6 Å². The summed E-state index contributed by atoms with van der Waals surface area (Å²) < 4.78 is 10.3. The van der Waals surface area contributed by atoms with Crippen molar-refractivity contribution in [2.75, 3.05) is 12.8 Å². The molecule has 0 bridgehead atoms. The van der Waals surface area contributed by atoms with Crippen molar-refractivity contribution in [3.63, 3.8) is 0 Å². The lowest BCUT2D eigenvalue weighted by Gasteiger charge is -2.05. The molecule has 0 saturated carbocycles. The van der Waals surface area contributed by atoms with Crippen molar-refractivity contribution in [3.05, 3.63) is 40.7 Å². The molecule has 0 aliphatic carbocycles. The quantitative estimate of drug-likeness (QED) is 0.909. The predicted molar refractivity (Wildman–Crippen MR) is 66.3 cm³/mol. The van der Waals surface area contributed by atoms with E-state index in [1.165, 1.54) is 0 Å². The van der Waals surface area contributed by atoms with Gasteiger partial charge in [-0.1, -0.05) is 17.7 Å². The van der Waals surface area contributed by atoms with Gasteiger partial charge in [-0.2, -0.15) is 0 Å². The number of nitrogens with two attached hydrogens (primary N) is 1. The second-order valence-electron chi connectivity index (χ2n) is 3.63. The van der Waals surface area contributed by atoms with Crippen LogP contribution >= 0.6 is 11.6 Å². The van der Waals surface area contributed by atoms with Crippen LogP contribution in [0.4, 0.5) is 6.01 Å². The van der Waals surface area contributed by atoms with E-state index in [-0.39, 0.29) is 6.01 Å². The maximum Gasteiger partial charge on any atom is 0.292 e. The minimum atomic E-state index is 0.202. The lowest BCUT2D eigenvalue weighted by molar-refractivity contribution is 0.415. The third kappa shape index (κ3) is 2.91. The van der Waals surface area contributed by atoms with Crippen molar-refractivity contribution < 1.29 is 9.15 Å². The Morgan fingerprint density at radius 2 is 2.24 bits per heavy atom. The summed E-state index contributed by atoms with van der Waals surface area (Å²) in [5.74, 6) is 1.45. The van der Waals surface area contributed by atoms with Crippen LogP contribution in [-0.4, -0.2) is 12.1 Å². The predicted octanol–water partition coefficient (Wildman–Crippen LogP) is 2.70. The van der Waals surface area contributed by atoms with Crippen LogP contribution in [-0.2, 0) is 12.8 Å². The van der Waals surface area contributed by atoms with Crippen LogP contribution in [0, 0.1) is 0 Å². The first-order valence-corrected chi connectivity index (χ1v) is 5.59. The zero-order valence-corrected chi connectivity index (χ0v) is 10.2. The van der Waals surface area contributed by atoms with Crippen LogP contribution in [0.2, 0.25) is 5.02 Å². The van der Waals surface area contributed by atoms with E-state index >= 15 is 0 Å². The molecule has 4 nitrogen and oxygen atoms in total. The number of methoxy groups -OCH3 is 1. The van der Waals surface area contributed by atoms with Crippen molar-refractivity contribution in [1.82, 2.24) is 4.98 Å². The molecule has 1 aromatic heterocycles. The molecule has 2 aromatic rings. The van der Waals surface area contributed by atoms with E-state index in [9.17, 15) is 0 Å². The number of halogens is 1. The van der Waals surface area contributed by atoms with Gasteiger partial charge in [-0.05, 0) is 24.1 Å². The Kier molecular flexibility index (Phi) is 3.54. The van der Waals surface area contributed by atoms with Gasteiger partial charge in [0.15, 0.2) is 0 Å². The first-order valence-electron chi connectivity index (χ1n) is 5.21. The molecule has 5 heteroatoms. The molecule has 17 heavy (non-hydrogen) atoms. The Balaban J connectivity index is 2.02. The number of benzene rings is 1. The van der Waals surface area contributed by atoms with Gasteiger partial charge in [0, 0.05) is 6.42 Å². The number of anilines is 1. The molecule has 0 amide bonds. The van der Waals surface area contributed by atoms with E-state index in [1.807, 2.05) is 18.2 Å². The van der Waals surface area contributed by atoms with Crippen LogP contribution in [0.5, 0.6) is 5.75 Å². The van der Waals surface area contributed by atoms with Gasteiger partial charge in [0.1, 0.15) is 11.5 Å². The molecule has 0 aliphatic heterocycles. The van der Waals surface area contributed by atoms with Gasteiger partial charge in [-0.3, -0.25) is 0 Å². The highest BCUT2D eigenvalue weighted by atomic mass is 35.5. The van der Waals surface area contributed by atoms with Gasteiger partial charge >= 0.3 is 0 Å². The monoisotopic (exact) mass is 252 g/mol. The number of aromatic nitrogens is 1. The lowest BCUT2D eigenvalue weighted by Crippen LogP contribution is -1.91. The number of rotatable bonds is 4. The molecule has 1 aromatic carbocycles. The largest absolute Gasteiger partial charge is 0.495 e. The van der Waals surface area contributed by atoms with Gasteiger partial charge in [0.05, 0.1) is 18.3 Å². The molecular formula is C12H13ClN2O2. The maximum absolute atomic E-state index is 6.03. The molecule has 0 aliphatic rings. The summed E-state index contributed by atoms with van der Waals surface area (Å²) in [7, 11) is 1.60. The van der Waals surface area contributed by atoms with E-state index in [0.717, 1.165) is 24.2 Å². The number of ether oxygens (including phenoxy) is 1. The third-order valence-electron chi connectivity index (χ3n) is 2.45. The highest BCUT2D eigenvalue weighted by Crippen LogP contribution is 2.25. The summed E-state index contributed by atoms with van der Waals surface area (Å²) in [6.07, 6.45) is 3.20. The molecule has 2 rings (SSSR count).